The van der Waals surface area contributed by atoms with Gasteiger partial charge < -0.3 is 4.57 Å². The second kappa shape index (κ2) is 8.29. The van der Waals surface area contributed by atoms with Gasteiger partial charge in [0.2, 0.25) is 0 Å². The van der Waals surface area contributed by atoms with E-state index in [9.17, 15) is 0 Å². The summed E-state index contributed by atoms with van der Waals surface area (Å²) in [6.07, 6.45) is 3.86. The van der Waals surface area contributed by atoms with Crippen molar-refractivity contribution in [1.82, 2.24) is 9.55 Å². The number of fused-ring (bicyclic) bond motifs is 6. The van der Waals surface area contributed by atoms with Crippen LogP contribution in [0.1, 0.15) is 22.6 Å². The fourth-order valence-corrected chi connectivity index (χ4v) is 6.30. The first-order valence-electron chi connectivity index (χ1n) is 13.1. The highest BCUT2D eigenvalue weighted by atomic mass is 15.0. The molecule has 1 atom stereocenters. The summed E-state index contributed by atoms with van der Waals surface area (Å²) in [5, 5.41) is 2.55. The largest absolute Gasteiger partial charge is 0.309 e. The van der Waals surface area contributed by atoms with E-state index in [0.29, 0.717) is 0 Å². The molecule has 2 heterocycles. The molecule has 2 nitrogen and oxygen atoms in total. The molecule has 0 radical (unpaired) electrons. The van der Waals surface area contributed by atoms with Gasteiger partial charge in [-0.25, -0.2) is 0 Å². The van der Waals surface area contributed by atoms with Gasteiger partial charge in [-0.15, -0.1) is 0 Å². The van der Waals surface area contributed by atoms with E-state index < -0.39 is 0 Å². The van der Waals surface area contributed by atoms with Crippen LogP contribution in [0.5, 0.6) is 0 Å². The number of pyridine rings is 1. The molecule has 2 aromatic heterocycles. The van der Waals surface area contributed by atoms with Crippen molar-refractivity contribution in [2.45, 2.75) is 5.92 Å². The molecule has 0 saturated heterocycles. The molecule has 178 valence electrons. The predicted octanol–water partition coefficient (Wildman–Crippen LogP) is 9.01. The van der Waals surface area contributed by atoms with E-state index in [1.54, 1.807) is 0 Å². The third-order valence-electron chi connectivity index (χ3n) is 7.96. The molecular formula is C36H24N2. The van der Waals surface area contributed by atoms with Crippen molar-refractivity contribution in [1.29, 1.82) is 0 Å². The van der Waals surface area contributed by atoms with Crippen molar-refractivity contribution >= 4 is 21.8 Å². The highest BCUT2D eigenvalue weighted by Crippen LogP contribution is 2.49. The van der Waals surface area contributed by atoms with Gasteiger partial charge in [0, 0.05) is 34.8 Å². The van der Waals surface area contributed by atoms with Crippen LogP contribution >= 0.6 is 0 Å². The third kappa shape index (κ3) is 3.10. The molecule has 0 bridgehead atoms. The molecule has 8 rings (SSSR count). The maximum Gasteiger partial charge on any atom is 0.0541 e. The first-order valence-corrected chi connectivity index (χ1v) is 13.1. The summed E-state index contributed by atoms with van der Waals surface area (Å²) >= 11 is 0. The van der Waals surface area contributed by atoms with Gasteiger partial charge in [-0.1, -0.05) is 84.9 Å². The van der Waals surface area contributed by atoms with E-state index in [-0.39, 0.29) is 5.92 Å². The highest BCUT2D eigenvalue weighted by molar-refractivity contribution is 6.10. The number of benzene rings is 5. The van der Waals surface area contributed by atoms with Crippen molar-refractivity contribution in [2.24, 2.45) is 0 Å². The zero-order valence-corrected chi connectivity index (χ0v) is 20.8. The fraction of sp³-hybridized carbons (Fsp3) is 0.0278. The van der Waals surface area contributed by atoms with Gasteiger partial charge >= 0.3 is 0 Å². The Morgan fingerprint density at radius 3 is 2.16 bits per heavy atom. The van der Waals surface area contributed by atoms with E-state index >= 15 is 0 Å². The number of hydrogen-bond donors (Lipinski definition) is 0. The van der Waals surface area contributed by atoms with Gasteiger partial charge in [-0.05, 0) is 81.4 Å². The average Bonchev–Trinajstić information content (AvgIpc) is 3.50. The Morgan fingerprint density at radius 1 is 0.526 bits per heavy atom. The standard InChI is InChI=1S/C36H24N2/c1-2-10-27(11-3-1)38-34-15-7-6-13-30(34)32-21-25(17-19-35(32)38)24-16-18-29-28-12-4-5-14-31(28)36(33(29)22-24)26-9-8-20-37-23-26/h1-23,36H. The molecule has 1 aliphatic carbocycles. The maximum absolute atomic E-state index is 4.44. The van der Waals surface area contributed by atoms with Gasteiger partial charge in [-0.3, -0.25) is 4.98 Å². The zero-order chi connectivity index (χ0) is 25.1. The molecule has 0 fully saturated rings. The number of para-hydroxylation sites is 2. The molecule has 0 spiro atoms. The Balaban J connectivity index is 1.32. The van der Waals surface area contributed by atoms with Crippen molar-refractivity contribution in [3.8, 4) is 27.9 Å². The minimum atomic E-state index is 0.193. The Bertz CT molecular complexity index is 1970. The van der Waals surface area contributed by atoms with Crippen LogP contribution in [-0.4, -0.2) is 9.55 Å². The van der Waals surface area contributed by atoms with E-state index in [4.69, 9.17) is 0 Å². The molecule has 0 N–H and O–H groups in total. The van der Waals surface area contributed by atoms with Crippen LogP contribution in [0.3, 0.4) is 0 Å². The molecular weight excluding hydrogens is 460 g/mol. The van der Waals surface area contributed by atoms with Crippen LogP contribution in [0.4, 0.5) is 0 Å². The van der Waals surface area contributed by atoms with Gasteiger partial charge in [0.15, 0.2) is 0 Å². The summed E-state index contributed by atoms with van der Waals surface area (Å²) in [7, 11) is 0. The SMILES string of the molecule is c1ccc(-n2c3ccccc3c3cc(-c4ccc5c(c4)C(c4cccnc4)c4ccccc4-5)ccc32)cc1. The second-order valence-electron chi connectivity index (χ2n) is 10.0. The minimum Gasteiger partial charge on any atom is -0.309 e. The molecule has 1 unspecified atom stereocenters. The minimum absolute atomic E-state index is 0.193. The lowest BCUT2D eigenvalue weighted by molar-refractivity contribution is 0.997. The Kier molecular flexibility index (Phi) is 4.62. The molecule has 0 amide bonds. The van der Waals surface area contributed by atoms with Gasteiger partial charge in [0.1, 0.15) is 0 Å². The summed E-state index contributed by atoms with van der Waals surface area (Å²) in [6.45, 7) is 0. The Labute approximate surface area is 221 Å². The molecule has 5 aromatic carbocycles. The summed E-state index contributed by atoms with van der Waals surface area (Å²) in [6, 6.07) is 46.2. The van der Waals surface area contributed by atoms with Crippen LogP contribution < -0.4 is 0 Å². The maximum atomic E-state index is 4.44. The number of aromatic nitrogens is 2. The Morgan fingerprint density at radius 2 is 1.26 bits per heavy atom. The first kappa shape index (κ1) is 21.2. The van der Waals surface area contributed by atoms with Crippen molar-refractivity contribution in [3.63, 3.8) is 0 Å². The number of nitrogens with zero attached hydrogens (tertiary/aromatic N) is 2. The van der Waals surface area contributed by atoms with E-state index in [1.165, 1.54) is 66.4 Å². The van der Waals surface area contributed by atoms with Crippen LogP contribution in [-0.2, 0) is 0 Å². The quantitative estimate of drug-likeness (QED) is 0.245. The molecule has 7 aromatic rings. The summed E-state index contributed by atoms with van der Waals surface area (Å²) in [4.78, 5) is 4.44. The summed E-state index contributed by atoms with van der Waals surface area (Å²) in [5.74, 6) is 0.193. The molecule has 0 saturated carbocycles. The van der Waals surface area contributed by atoms with E-state index in [1.807, 2.05) is 18.5 Å². The van der Waals surface area contributed by atoms with Crippen LogP contribution in [0.15, 0.2) is 140 Å². The molecule has 0 aliphatic heterocycles. The zero-order valence-electron chi connectivity index (χ0n) is 20.8. The second-order valence-corrected chi connectivity index (χ2v) is 10.0. The topological polar surface area (TPSA) is 17.8 Å². The van der Waals surface area contributed by atoms with Gasteiger partial charge in [0.05, 0.1) is 11.0 Å². The lowest BCUT2D eigenvalue weighted by atomic mass is 9.89. The fourth-order valence-electron chi connectivity index (χ4n) is 6.30. The Hall–Kier alpha value is -4.95. The van der Waals surface area contributed by atoms with Gasteiger partial charge in [-0.2, -0.15) is 0 Å². The lowest BCUT2D eigenvalue weighted by Crippen LogP contribution is -1.99. The summed E-state index contributed by atoms with van der Waals surface area (Å²) < 4.78 is 2.37. The smallest absolute Gasteiger partial charge is 0.0541 e. The van der Waals surface area contributed by atoms with Crippen molar-refractivity contribution < 1.29 is 0 Å². The lowest BCUT2D eigenvalue weighted by Gasteiger charge is -2.15. The van der Waals surface area contributed by atoms with Crippen molar-refractivity contribution in [3.05, 3.63) is 156 Å². The van der Waals surface area contributed by atoms with Crippen LogP contribution in [0, 0.1) is 0 Å². The summed E-state index contributed by atoms with van der Waals surface area (Å²) in [5.41, 5.74) is 12.7. The molecule has 2 heteroatoms. The molecule has 1 aliphatic rings. The van der Waals surface area contributed by atoms with Crippen LogP contribution in [0.25, 0.3) is 49.7 Å². The first-order chi connectivity index (χ1) is 18.9. The average molecular weight is 485 g/mol. The normalized spacial score (nSPS) is 14.1. The molecule has 38 heavy (non-hydrogen) atoms. The van der Waals surface area contributed by atoms with Gasteiger partial charge in [0.25, 0.3) is 0 Å². The number of rotatable bonds is 3. The number of hydrogen-bond acceptors (Lipinski definition) is 1. The highest BCUT2D eigenvalue weighted by Gasteiger charge is 2.30. The van der Waals surface area contributed by atoms with E-state index in [0.717, 1.165) is 0 Å². The predicted molar refractivity (Wildman–Crippen MR) is 157 cm³/mol. The van der Waals surface area contributed by atoms with Crippen molar-refractivity contribution in [2.75, 3.05) is 0 Å². The third-order valence-corrected chi connectivity index (χ3v) is 7.96. The van der Waals surface area contributed by atoms with Crippen LogP contribution in [0.2, 0.25) is 0 Å². The monoisotopic (exact) mass is 484 g/mol. The van der Waals surface area contributed by atoms with E-state index in [2.05, 4.69) is 131 Å².